The fourth-order valence-corrected chi connectivity index (χ4v) is 1.30. The number of thiophene rings is 1. The number of nitrogens with zero attached hydrogens (tertiary/aromatic N) is 1. The first-order valence-corrected chi connectivity index (χ1v) is 3.28. The fourth-order valence-electron chi connectivity index (χ4n) is 0.388. The van der Waals surface area contributed by atoms with Gasteiger partial charge in [0.1, 0.15) is 10.9 Å². The Hall–Kier alpha value is 0.137. The molecule has 0 unspecified atom stereocenters. The quantitative estimate of drug-likeness (QED) is 0.435. The van der Waals surface area contributed by atoms with Gasteiger partial charge >= 0.3 is 18.9 Å². The predicted octanol–water partition coefficient (Wildman–Crippen LogP) is 1.26. The van der Waals surface area contributed by atoms with Crippen LogP contribution in [-0.2, 0) is 0 Å². The SMILES string of the molecule is N#Cc1ccc(S)s1.[LiH]. The molecule has 9 heavy (non-hydrogen) atoms. The van der Waals surface area contributed by atoms with Gasteiger partial charge in [-0.3, -0.25) is 0 Å². The van der Waals surface area contributed by atoms with E-state index in [2.05, 4.69) is 12.6 Å². The Morgan fingerprint density at radius 1 is 1.56 bits per heavy atom. The van der Waals surface area contributed by atoms with E-state index in [9.17, 15) is 0 Å². The van der Waals surface area contributed by atoms with E-state index in [-0.39, 0.29) is 18.9 Å². The van der Waals surface area contributed by atoms with Crippen LogP contribution < -0.4 is 0 Å². The molecule has 0 radical (unpaired) electrons. The summed E-state index contributed by atoms with van der Waals surface area (Å²) in [5.74, 6) is 0. The van der Waals surface area contributed by atoms with Crippen molar-refractivity contribution in [1.29, 1.82) is 5.26 Å². The summed E-state index contributed by atoms with van der Waals surface area (Å²) in [7, 11) is 0. The van der Waals surface area contributed by atoms with Gasteiger partial charge in [0.25, 0.3) is 0 Å². The van der Waals surface area contributed by atoms with Crippen LogP contribution in [0.15, 0.2) is 16.3 Å². The zero-order valence-corrected chi connectivity index (χ0v) is 5.67. The van der Waals surface area contributed by atoms with Gasteiger partial charge in [0.2, 0.25) is 0 Å². The average molecular weight is 149 g/mol. The molecule has 42 valence electrons. The second kappa shape index (κ2) is 4.03. The van der Waals surface area contributed by atoms with E-state index in [1.54, 1.807) is 6.07 Å². The second-order valence-corrected chi connectivity index (χ2v) is 3.12. The van der Waals surface area contributed by atoms with E-state index in [1.807, 2.05) is 12.1 Å². The predicted molar refractivity (Wildman–Crippen MR) is 43.4 cm³/mol. The Morgan fingerprint density at radius 2 is 2.22 bits per heavy atom. The van der Waals surface area contributed by atoms with Crippen LogP contribution in [0.4, 0.5) is 0 Å². The minimum absolute atomic E-state index is 0. The molecular weight excluding hydrogens is 145 g/mol. The van der Waals surface area contributed by atoms with Crippen molar-refractivity contribution in [1.82, 2.24) is 0 Å². The summed E-state index contributed by atoms with van der Waals surface area (Å²) in [6.07, 6.45) is 0. The first kappa shape index (κ1) is 9.14. The van der Waals surface area contributed by atoms with Crippen LogP contribution in [0.3, 0.4) is 0 Å². The van der Waals surface area contributed by atoms with Crippen molar-refractivity contribution in [2.45, 2.75) is 4.21 Å². The first-order valence-electron chi connectivity index (χ1n) is 2.02. The number of nitriles is 1. The third kappa shape index (κ3) is 2.47. The summed E-state index contributed by atoms with van der Waals surface area (Å²) in [6, 6.07) is 5.59. The van der Waals surface area contributed by atoms with E-state index in [1.165, 1.54) is 11.3 Å². The molecule has 1 aromatic rings. The van der Waals surface area contributed by atoms with Crippen molar-refractivity contribution in [3.63, 3.8) is 0 Å². The standard InChI is InChI=1S/C5H3NS2.Li.H/c6-3-4-1-2-5(7)8-4;;/h1-2,7H;;. The van der Waals surface area contributed by atoms with Crippen LogP contribution in [0, 0.1) is 11.3 Å². The molecule has 1 heterocycles. The molecule has 0 aliphatic carbocycles. The Labute approximate surface area is 75.3 Å². The fraction of sp³-hybridized carbons (Fsp3) is 0. The molecule has 1 rings (SSSR count). The molecule has 0 saturated carbocycles. The van der Waals surface area contributed by atoms with Crippen LogP contribution in [0.25, 0.3) is 0 Å². The van der Waals surface area contributed by atoms with Crippen molar-refractivity contribution in [3.8, 4) is 6.07 Å². The Balaban J connectivity index is 0.000000640. The monoisotopic (exact) mass is 149 g/mol. The summed E-state index contributed by atoms with van der Waals surface area (Å²) < 4.78 is 0.890. The summed E-state index contributed by atoms with van der Waals surface area (Å²) in [5.41, 5.74) is 0. The zero-order chi connectivity index (χ0) is 5.98. The third-order valence-corrected chi connectivity index (χ3v) is 1.92. The molecule has 1 aromatic heterocycles. The van der Waals surface area contributed by atoms with E-state index in [0.717, 1.165) is 9.09 Å². The molecule has 0 N–H and O–H groups in total. The Bertz CT molecular complexity index is 225. The molecule has 4 heteroatoms. The maximum atomic E-state index is 8.28. The van der Waals surface area contributed by atoms with Gasteiger partial charge in [-0.05, 0) is 12.1 Å². The molecule has 0 fully saturated rings. The van der Waals surface area contributed by atoms with Gasteiger partial charge in [-0.2, -0.15) is 5.26 Å². The summed E-state index contributed by atoms with van der Waals surface area (Å²) in [4.78, 5) is 0.718. The van der Waals surface area contributed by atoms with Crippen LogP contribution in [0.5, 0.6) is 0 Å². The third-order valence-electron chi connectivity index (χ3n) is 0.702. The molecule has 0 atom stereocenters. The van der Waals surface area contributed by atoms with E-state index in [0.29, 0.717) is 0 Å². The maximum absolute atomic E-state index is 8.28. The van der Waals surface area contributed by atoms with Crippen molar-refractivity contribution in [3.05, 3.63) is 17.0 Å². The van der Waals surface area contributed by atoms with E-state index >= 15 is 0 Å². The van der Waals surface area contributed by atoms with Gasteiger partial charge in [0, 0.05) is 0 Å². The van der Waals surface area contributed by atoms with Crippen molar-refractivity contribution in [2.24, 2.45) is 0 Å². The zero-order valence-electron chi connectivity index (χ0n) is 3.96. The first-order chi connectivity index (χ1) is 3.83. The van der Waals surface area contributed by atoms with Gasteiger partial charge in [-0.25, -0.2) is 0 Å². The molecule has 0 bridgehead atoms. The van der Waals surface area contributed by atoms with Crippen molar-refractivity contribution < 1.29 is 0 Å². The Morgan fingerprint density at radius 3 is 2.44 bits per heavy atom. The summed E-state index contributed by atoms with van der Waals surface area (Å²) in [6.45, 7) is 0. The summed E-state index contributed by atoms with van der Waals surface area (Å²) in [5, 5.41) is 8.28. The molecular formula is C5H4LiNS2. The van der Waals surface area contributed by atoms with Crippen molar-refractivity contribution >= 4 is 42.8 Å². The molecule has 0 aliphatic rings. The van der Waals surface area contributed by atoms with Crippen molar-refractivity contribution in [2.75, 3.05) is 0 Å². The van der Waals surface area contributed by atoms with Gasteiger partial charge < -0.3 is 0 Å². The van der Waals surface area contributed by atoms with Gasteiger partial charge in [-0.1, -0.05) is 0 Å². The average Bonchev–Trinajstić information content (AvgIpc) is 2.14. The van der Waals surface area contributed by atoms with Crippen LogP contribution in [-0.4, -0.2) is 18.9 Å². The van der Waals surface area contributed by atoms with E-state index < -0.39 is 0 Å². The normalized spacial score (nSPS) is 7.56. The second-order valence-electron chi connectivity index (χ2n) is 1.25. The van der Waals surface area contributed by atoms with Gasteiger partial charge in [-0.15, -0.1) is 24.0 Å². The van der Waals surface area contributed by atoms with E-state index in [4.69, 9.17) is 5.26 Å². The molecule has 1 nitrogen and oxygen atoms in total. The van der Waals surface area contributed by atoms with Crippen LogP contribution in [0.1, 0.15) is 4.88 Å². The number of hydrogen-bond donors (Lipinski definition) is 1. The summed E-state index contributed by atoms with van der Waals surface area (Å²) >= 11 is 5.42. The molecule has 0 amide bonds. The molecule has 0 saturated heterocycles. The van der Waals surface area contributed by atoms with Gasteiger partial charge in [0.05, 0.1) is 4.21 Å². The molecule has 0 aromatic carbocycles. The molecule has 0 spiro atoms. The van der Waals surface area contributed by atoms with Crippen LogP contribution in [0.2, 0.25) is 0 Å². The number of hydrogen-bond acceptors (Lipinski definition) is 3. The molecule has 0 aliphatic heterocycles. The Kier molecular flexibility index (Phi) is 4.10. The number of thiol groups is 1. The number of rotatable bonds is 0. The topological polar surface area (TPSA) is 23.8 Å². The minimum atomic E-state index is 0. The van der Waals surface area contributed by atoms with Crippen LogP contribution >= 0.6 is 24.0 Å². The van der Waals surface area contributed by atoms with Gasteiger partial charge in [0.15, 0.2) is 0 Å².